The number of aliphatic hydroxyl groups is 1. The van der Waals surface area contributed by atoms with Crippen molar-refractivity contribution in [3.8, 4) is 0 Å². The van der Waals surface area contributed by atoms with Crippen molar-refractivity contribution in [1.29, 1.82) is 0 Å². The fourth-order valence-electron chi connectivity index (χ4n) is 11.7. The molecule has 0 saturated heterocycles. The SMILES string of the molecule is CCCCO[C@H]([C@@H](OCCCC)[C@H](COC[C@@H](OCCCC)[C@@H](OCCCC)[C@H](OCCCC)[C@@H](COC(c1ccccc1)(c1ccccc1)c1ccccc1)OCCCC)OCCCC)[C@H](COC[C@@H](OCCCC)[C@@H](OCCCC)[C@H](OCCCC)[C@@H](O)OCCCC)OCCCC. The number of aliphatic hydroxyl groups excluding tert-OH is 1. The van der Waals surface area contributed by atoms with E-state index in [9.17, 15) is 5.11 Å². The van der Waals surface area contributed by atoms with E-state index >= 15 is 0 Å². The van der Waals surface area contributed by atoms with Gasteiger partial charge in [-0.05, 0) is 93.7 Å². The van der Waals surface area contributed by atoms with Gasteiger partial charge < -0.3 is 76.2 Å². The third-order valence-electron chi connectivity index (χ3n) is 18.0. The molecule has 0 unspecified atom stereocenters. The van der Waals surface area contributed by atoms with Gasteiger partial charge >= 0.3 is 0 Å². The van der Waals surface area contributed by atoms with E-state index in [0.717, 1.165) is 171 Å². The second-order valence-corrected chi connectivity index (χ2v) is 26.7. The molecular formula is C84H146O16. The van der Waals surface area contributed by atoms with Crippen molar-refractivity contribution < 1.29 is 76.2 Å². The third-order valence-corrected chi connectivity index (χ3v) is 18.0. The second-order valence-electron chi connectivity index (χ2n) is 26.7. The number of unbranched alkanes of at least 4 members (excludes halogenated alkanes) is 12. The lowest BCUT2D eigenvalue weighted by atomic mass is 9.80. The van der Waals surface area contributed by atoms with Crippen LogP contribution in [0.15, 0.2) is 91.0 Å². The van der Waals surface area contributed by atoms with Crippen LogP contribution in [0.2, 0.25) is 0 Å². The highest BCUT2D eigenvalue weighted by Gasteiger charge is 2.45. The van der Waals surface area contributed by atoms with Crippen LogP contribution in [0.5, 0.6) is 0 Å². The highest BCUT2D eigenvalue weighted by molar-refractivity contribution is 5.47. The highest BCUT2D eigenvalue weighted by atomic mass is 16.7. The maximum Gasteiger partial charge on any atom is 0.183 e. The zero-order chi connectivity index (χ0) is 72.4. The molecule has 3 rings (SSSR count). The van der Waals surface area contributed by atoms with Crippen LogP contribution in [0, 0.1) is 0 Å². The molecule has 0 fully saturated rings. The molecule has 100 heavy (non-hydrogen) atoms. The van der Waals surface area contributed by atoms with Gasteiger partial charge in [-0.3, -0.25) is 0 Å². The number of rotatable bonds is 71. The smallest absolute Gasteiger partial charge is 0.183 e. The van der Waals surface area contributed by atoms with Crippen LogP contribution in [0.25, 0.3) is 0 Å². The van der Waals surface area contributed by atoms with Gasteiger partial charge in [0.1, 0.15) is 72.7 Å². The topological polar surface area (TPSA) is 159 Å². The summed E-state index contributed by atoms with van der Waals surface area (Å²) in [4.78, 5) is 0. The Balaban J connectivity index is 2.28. The summed E-state index contributed by atoms with van der Waals surface area (Å²) in [5, 5.41) is 11.8. The Kier molecular flexibility index (Phi) is 55.8. The lowest BCUT2D eigenvalue weighted by Gasteiger charge is -2.41. The Hall–Kier alpha value is -2.98. The van der Waals surface area contributed by atoms with E-state index in [1.54, 1.807) is 0 Å². The Labute approximate surface area is 609 Å². The molecule has 0 spiro atoms. The van der Waals surface area contributed by atoms with Crippen LogP contribution >= 0.6 is 0 Å². The van der Waals surface area contributed by atoms with Crippen LogP contribution in [0.4, 0.5) is 0 Å². The van der Waals surface area contributed by atoms with Gasteiger partial charge in [0.15, 0.2) is 6.29 Å². The first-order chi connectivity index (χ1) is 49.2. The van der Waals surface area contributed by atoms with Crippen LogP contribution in [-0.4, -0.2) is 191 Å². The van der Waals surface area contributed by atoms with Crippen LogP contribution in [0.3, 0.4) is 0 Å². The summed E-state index contributed by atoms with van der Waals surface area (Å²) in [6.07, 6.45) is 13.1. The van der Waals surface area contributed by atoms with Gasteiger partial charge in [-0.25, -0.2) is 0 Å². The molecule has 16 nitrogen and oxygen atoms in total. The van der Waals surface area contributed by atoms with Crippen molar-refractivity contribution in [2.24, 2.45) is 0 Å². The molecule has 0 aliphatic carbocycles. The van der Waals surface area contributed by atoms with Gasteiger partial charge in [0, 0.05) is 79.3 Å². The predicted octanol–water partition coefficient (Wildman–Crippen LogP) is 18.2. The van der Waals surface area contributed by atoms with E-state index in [4.69, 9.17) is 71.1 Å². The molecule has 0 radical (unpaired) electrons. The number of ether oxygens (including phenoxy) is 15. The first-order valence-corrected chi connectivity index (χ1v) is 40.2. The minimum atomic E-state index is -1.23. The summed E-state index contributed by atoms with van der Waals surface area (Å²) < 4.78 is 105. The monoisotopic (exact) mass is 1410 g/mol. The summed E-state index contributed by atoms with van der Waals surface area (Å²) >= 11 is 0. The van der Waals surface area contributed by atoms with E-state index in [2.05, 4.69) is 174 Å². The normalized spacial score (nSPS) is 15.8. The van der Waals surface area contributed by atoms with Gasteiger partial charge in [0.25, 0.3) is 0 Å². The fourth-order valence-corrected chi connectivity index (χ4v) is 11.7. The number of hydrogen-bond donors (Lipinski definition) is 1. The standard InChI is InChI=1S/C84H146O16/c1-13-25-52-88-72(77(93-57-30-18-6)78(94-58-31-19-7)73(89-53-26-14-2)65-87-67-75(91-55-28-16-4)81(97-61-34-22-10)82(98-62-35-23-11)83(85)99-63-36-24-12)64-86-66-74(90-54-27-15-3)79(95-59-32-20-8)80(96-60-33-21-9)76(92-56-29-17-5)68-100-84(69-46-40-37-41-47-69,70-48-42-38-43-49-70)71-50-44-39-45-51-71/h37-51,72-83,85H,13-36,52-68H2,1-12H3/t72-,73-,74+,75+,76+,77-,78-,79+,80+,81+,82-,83-/m0/s1. The van der Waals surface area contributed by atoms with Gasteiger partial charge in [-0.2, -0.15) is 0 Å². The summed E-state index contributed by atoms with van der Waals surface area (Å²) in [6, 6.07) is 31.6. The van der Waals surface area contributed by atoms with Crippen molar-refractivity contribution in [1.82, 2.24) is 0 Å². The molecule has 578 valence electrons. The van der Waals surface area contributed by atoms with Crippen LogP contribution in [-0.2, 0) is 76.7 Å². The molecule has 16 heteroatoms. The quantitative estimate of drug-likeness (QED) is 0.0323. The summed E-state index contributed by atoms with van der Waals surface area (Å²) in [6.45, 7) is 32.5. The lowest BCUT2D eigenvalue weighted by Crippen LogP contribution is -2.55. The van der Waals surface area contributed by atoms with E-state index in [-0.39, 0.29) is 33.0 Å². The summed E-state index contributed by atoms with van der Waals surface area (Å²) in [5.41, 5.74) is 2.01. The van der Waals surface area contributed by atoms with Crippen molar-refractivity contribution in [2.75, 3.05) is 112 Å². The first-order valence-electron chi connectivity index (χ1n) is 40.2. The average molecular weight is 1410 g/mol. The summed E-state index contributed by atoms with van der Waals surface area (Å²) in [7, 11) is 0. The molecule has 12 atom stereocenters. The van der Waals surface area contributed by atoms with Crippen molar-refractivity contribution >= 4 is 0 Å². The second kappa shape index (κ2) is 61.2. The molecule has 0 aromatic heterocycles. The largest absolute Gasteiger partial charge is 0.376 e. The highest BCUT2D eigenvalue weighted by Crippen LogP contribution is 2.41. The molecule has 0 bridgehead atoms. The fraction of sp³-hybridized carbons (Fsp3) is 0.786. The molecule has 0 saturated carbocycles. The molecule has 0 aliphatic heterocycles. The minimum Gasteiger partial charge on any atom is -0.376 e. The van der Waals surface area contributed by atoms with Crippen molar-refractivity contribution in [3.63, 3.8) is 0 Å². The van der Waals surface area contributed by atoms with Crippen molar-refractivity contribution in [3.05, 3.63) is 108 Å². The average Bonchev–Trinajstić information content (AvgIpc) is 0.757. The molecule has 0 aliphatic rings. The van der Waals surface area contributed by atoms with Gasteiger partial charge in [-0.1, -0.05) is 251 Å². The molecule has 0 heterocycles. The van der Waals surface area contributed by atoms with E-state index in [1.807, 2.05) is 0 Å². The number of benzene rings is 3. The molecule has 3 aromatic rings. The van der Waals surface area contributed by atoms with Gasteiger partial charge in [-0.15, -0.1) is 0 Å². The van der Waals surface area contributed by atoms with E-state index < -0.39 is 79.0 Å². The molecule has 0 amide bonds. The third kappa shape index (κ3) is 35.9. The maximum atomic E-state index is 11.8. The van der Waals surface area contributed by atoms with Crippen LogP contribution in [0.1, 0.15) is 254 Å². The van der Waals surface area contributed by atoms with Crippen molar-refractivity contribution in [2.45, 2.75) is 316 Å². The molecular weight excluding hydrogens is 1260 g/mol. The zero-order valence-corrected chi connectivity index (χ0v) is 65.2. The Bertz CT molecular complexity index is 2120. The molecule has 3 aromatic carbocycles. The zero-order valence-electron chi connectivity index (χ0n) is 65.2. The van der Waals surface area contributed by atoms with Crippen LogP contribution < -0.4 is 0 Å². The minimum absolute atomic E-state index is 0.140. The van der Waals surface area contributed by atoms with E-state index in [1.165, 1.54) is 0 Å². The molecule has 1 N–H and O–H groups in total. The predicted molar refractivity (Wildman–Crippen MR) is 405 cm³/mol. The lowest BCUT2D eigenvalue weighted by molar-refractivity contribution is -0.240. The van der Waals surface area contributed by atoms with Gasteiger partial charge in [0.05, 0.1) is 33.0 Å². The van der Waals surface area contributed by atoms with Gasteiger partial charge in [0.2, 0.25) is 0 Å². The number of hydrogen-bond acceptors (Lipinski definition) is 16. The van der Waals surface area contributed by atoms with E-state index in [0.29, 0.717) is 79.3 Å². The Morgan fingerprint density at radius 1 is 0.240 bits per heavy atom. The Morgan fingerprint density at radius 3 is 0.660 bits per heavy atom. The Morgan fingerprint density at radius 2 is 0.430 bits per heavy atom. The summed E-state index contributed by atoms with van der Waals surface area (Å²) in [5.74, 6) is 0. The maximum absolute atomic E-state index is 11.8. The first kappa shape index (κ1) is 91.2.